The van der Waals surface area contributed by atoms with Gasteiger partial charge in [-0.2, -0.15) is 0 Å². The first-order valence-corrected chi connectivity index (χ1v) is 4.46. The van der Waals surface area contributed by atoms with Crippen LogP contribution in [0.25, 0.3) is 0 Å². The van der Waals surface area contributed by atoms with Crippen LogP contribution >= 0.6 is 11.8 Å². The minimum Gasteiger partial charge on any atom is -0.124 e. The van der Waals surface area contributed by atoms with E-state index in [1.165, 1.54) is 12.8 Å². The van der Waals surface area contributed by atoms with Gasteiger partial charge >= 0.3 is 0 Å². The number of rotatable bonds is 1. The molecule has 0 amide bonds. The van der Waals surface area contributed by atoms with Gasteiger partial charge in [0.05, 0.1) is 0 Å². The van der Waals surface area contributed by atoms with Gasteiger partial charge in [0.15, 0.2) is 0 Å². The van der Waals surface area contributed by atoms with Crippen molar-refractivity contribution in [3.63, 3.8) is 0 Å². The summed E-state index contributed by atoms with van der Waals surface area (Å²) in [4.78, 5) is 1.62. The third-order valence-corrected chi connectivity index (χ3v) is 3.97. The fourth-order valence-electron chi connectivity index (χ4n) is 1.48. The summed E-state index contributed by atoms with van der Waals surface area (Å²) >= 11 is 2.10. The van der Waals surface area contributed by atoms with Crippen LogP contribution in [0, 0.1) is 5.92 Å². The number of hydrogen-bond acceptors (Lipinski definition) is 1. The number of thioether (sulfide) groups is 1. The monoisotopic (exact) mass is 140 g/mol. The molecule has 9 heavy (non-hydrogen) atoms. The Morgan fingerprint density at radius 1 is 1.89 bits per heavy atom. The molecule has 0 aromatic rings. The quantitative estimate of drug-likeness (QED) is 0.539. The highest BCUT2D eigenvalue weighted by molar-refractivity contribution is 8.05. The van der Waals surface area contributed by atoms with Gasteiger partial charge in [-0.1, -0.05) is 13.0 Å². The maximum Gasteiger partial charge on any atom is 0.0245 e. The van der Waals surface area contributed by atoms with Crippen molar-refractivity contribution in [2.45, 2.75) is 31.4 Å². The predicted octanol–water partition coefficient (Wildman–Crippen LogP) is 2.81. The zero-order valence-electron chi connectivity index (χ0n) is 5.98. The Bertz CT molecular complexity index is 171. The van der Waals surface area contributed by atoms with Gasteiger partial charge in [0.25, 0.3) is 0 Å². The maximum atomic E-state index is 2.46. The molecule has 0 nitrogen and oxygen atoms in total. The van der Waals surface area contributed by atoms with E-state index >= 15 is 0 Å². The van der Waals surface area contributed by atoms with E-state index in [4.69, 9.17) is 0 Å². The van der Waals surface area contributed by atoms with Gasteiger partial charge in [-0.25, -0.2) is 0 Å². The van der Waals surface area contributed by atoms with Crippen LogP contribution in [-0.2, 0) is 0 Å². The summed E-state index contributed by atoms with van der Waals surface area (Å²) in [6.45, 7) is 4.62. The lowest BCUT2D eigenvalue weighted by Gasteiger charge is -2.03. The highest BCUT2D eigenvalue weighted by Crippen LogP contribution is 2.63. The Hall–Kier alpha value is 0.0900. The summed E-state index contributed by atoms with van der Waals surface area (Å²) in [5.74, 6) is 0.942. The highest BCUT2D eigenvalue weighted by atomic mass is 32.2. The van der Waals surface area contributed by atoms with E-state index < -0.39 is 0 Å². The molecular formula is C8H12S. The molecule has 1 heterocycles. The van der Waals surface area contributed by atoms with Gasteiger partial charge < -0.3 is 0 Å². The van der Waals surface area contributed by atoms with E-state index in [0.717, 1.165) is 5.92 Å². The van der Waals surface area contributed by atoms with Crippen molar-refractivity contribution in [3.8, 4) is 0 Å². The first-order chi connectivity index (χ1) is 4.24. The average molecular weight is 140 g/mol. The maximum absolute atomic E-state index is 2.46. The van der Waals surface area contributed by atoms with Gasteiger partial charge in [-0.05, 0) is 30.6 Å². The summed E-state index contributed by atoms with van der Waals surface area (Å²) in [5, 5.41) is 0. The van der Waals surface area contributed by atoms with Gasteiger partial charge in [-0.15, -0.1) is 11.8 Å². The lowest BCUT2D eigenvalue weighted by Crippen LogP contribution is -1.91. The Morgan fingerprint density at radius 3 is 3.00 bits per heavy atom. The first-order valence-electron chi connectivity index (χ1n) is 3.64. The zero-order chi connectivity index (χ0) is 6.48. The minimum atomic E-state index is 0.658. The summed E-state index contributed by atoms with van der Waals surface area (Å²) in [7, 11) is 0. The zero-order valence-corrected chi connectivity index (χ0v) is 6.79. The number of fused-ring (bicyclic) bond motifs is 1. The molecule has 1 aliphatic carbocycles. The summed E-state index contributed by atoms with van der Waals surface area (Å²) in [6.07, 6.45) is 5.14. The molecule has 2 aliphatic rings. The van der Waals surface area contributed by atoms with Crippen molar-refractivity contribution >= 4 is 11.8 Å². The fraction of sp³-hybridized carbons (Fsp3) is 0.750. The second-order valence-electron chi connectivity index (χ2n) is 3.21. The molecule has 50 valence electrons. The van der Waals surface area contributed by atoms with Crippen molar-refractivity contribution in [1.82, 2.24) is 0 Å². The smallest absolute Gasteiger partial charge is 0.0245 e. The van der Waals surface area contributed by atoms with E-state index in [9.17, 15) is 0 Å². The Labute approximate surface area is 60.7 Å². The molecule has 1 aliphatic heterocycles. The second kappa shape index (κ2) is 1.57. The van der Waals surface area contributed by atoms with Crippen LogP contribution in [0.5, 0.6) is 0 Å². The fourth-order valence-corrected chi connectivity index (χ4v) is 2.94. The summed E-state index contributed by atoms with van der Waals surface area (Å²) in [5.41, 5.74) is 0. The van der Waals surface area contributed by atoms with Gasteiger partial charge in [-0.3, -0.25) is 0 Å². The van der Waals surface area contributed by atoms with Crippen LogP contribution in [0.4, 0.5) is 0 Å². The predicted molar refractivity (Wildman–Crippen MR) is 42.5 cm³/mol. The Morgan fingerprint density at radius 2 is 2.67 bits per heavy atom. The van der Waals surface area contributed by atoms with Crippen LogP contribution in [0.2, 0.25) is 0 Å². The van der Waals surface area contributed by atoms with E-state index in [2.05, 4.69) is 31.7 Å². The van der Waals surface area contributed by atoms with E-state index in [-0.39, 0.29) is 0 Å². The molecule has 0 aromatic carbocycles. The molecule has 0 spiro atoms. The molecule has 0 N–H and O–H groups in total. The van der Waals surface area contributed by atoms with Crippen LogP contribution < -0.4 is 0 Å². The molecule has 0 aromatic heterocycles. The van der Waals surface area contributed by atoms with Gasteiger partial charge in [0, 0.05) is 4.75 Å². The number of hydrogen-bond donors (Lipinski definition) is 0. The minimum absolute atomic E-state index is 0.658. The van der Waals surface area contributed by atoms with E-state index in [1.54, 1.807) is 4.91 Å². The van der Waals surface area contributed by atoms with Crippen molar-refractivity contribution in [2.24, 2.45) is 5.92 Å². The third-order valence-electron chi connectivity index (χ3n) is 2.35. The van der Waals surface area contributed by atoms with Crippen molar-refractivity contribution in [2.75, 3.05) is 0 Å². The molecule has 0 radical (unpaired) electrons. The molecule has 1 fully saturated rings. The second-order valence-corrected chi connectivity index (χ2v) is 4.87. The van der Waals surface area contributed by atoms with Crippen LogP contribution in [0.1, 0.15) is 26.7 Å². The van der Waals surface area contributed by atoms with Crippen molar-refractivity contribution < 1.29 is 0 Å². The van der Waals surface area contributed by atoms with Gasteiger partial charge in [0.2, 0.25) is 0 Å². The molecular weight excluding hydrogens is 128 g/mol. The van der Waals surface area contributed by atoms with Crippen LogP contribution in [-0.4, -0.2) is 4.75 Å². The molecule has 0 bridgehead atoms. The molecule has 2 unspecified atom stereocenters. The lowest BCUT2D eigenvalue weighted by atomic mass is 10.3. The molecule has 2 atom stereocenters. The highest BCUT2D eigenvalue weighted by Gasteiger charge is 2.53. The largest absolute Gasteiger partial charge is 0.124 e. The van der Waals surface area contributed by atoms with Crippen LogP contribution in [0.15, 0.2) is 11.0 Å². The summed E-state index contributed by atoms with van der Waals surface area (Å²) < 4.78 is 0.658. The van der Waals surface area contributed by atoms with Gasteiger partial charge in [0.1, 0.15) is 0 Å². The van der Waals surface area contributed by atoms with E-state index in [0.29, 0.717) is 4.75 Å². The Kier molecular flexibility index (Phi) is 1.02. The number of allylic oxidation sites excluding steroid dienone is 2. The summed E-state index contributed by atoms with van der Waals surface area (Å²) in [6, 6.07) is 0. The molecule has 2 rings (SSSR count). The third kappa shape index (κ3) is 0.743. The van der Waals surface area contributed by atoms with Crippen LogP contribution in [0.3, 0.4) is 0 Å². The molecule has 0 saturated heterocycles. The average Bonchev–Trinajstić information content (AvgIpc) is 2.33. The first kappa shape index (κ1) is 5.84. The van der Waals surface area contributed by atoms with Crippen molar-refractivity contribution in [1.29, 1.82) is 0 Å². The standard InChI is InChI=1S/C8H12S/c1-3-7-4-6-5-8(6,2)9-7/h4,6H,3,5H2,1-2H3. The van der Waals surface area contributed by atoms with Crippen molar-refractivity contribution in [3.05, 3.63) is 11.0 Å². The topological polar surface area (TPSA) is 0 Å². The lowest BCUT2D eigenvalue weighted by molar-refractivity contribution is 0.974. The molecule has 1 heteroatoms. The Balaban J connectivity index is 2.12. The SMILES string of the molecule is CCC1=CC2CC2(C)S1. The molecule has 1 saturated carbocycles. The van der Waals surface area contributed by atoms with E-state index in [1.807, 2.05) is 0 Å². The normalized spacial score (nSPS) is 46.4.